The number of carboxylic acids is 3. The molecular formula is C9H9Cl3O6Pr. The molecule has 0 saturated carbocycles. The predicted octanol–water partition coefficient (Wildman–Crippen LogP) is 2.47. The number of carbonyl (C=O) groups is 3. The van der Waals surface area contributed by atoms with E-state index in [-0.39, 0.29) is 56.4 Å². The summed E-state index contributed by atoms with van der Waals surface area (Å²) in [5.74, 6) is -3.51. The minimum Gasteiger partial charge on any atom is -0.477 e. The third-order valence-corrected chi connectivity index (χ3v) is 1.18. The van der Waals surface area contributed by atoms with Crippen molar-refractivity contribution in [1.82, 2.24) is 0 Å². The van der Waals surface area contributed by atoms with Crippen LogP contribution in [0.25, 0.3) is 0 Å². The van der Waals surface area contributed by atoms with Crippen molar-refractivity contribution in [3.63, 3.8) is 0 Å². The molecule has 0 aliphatic heterocycles. The van der Waals surface area contributed by atoms with E-state index in [1.54, 1.807) is 0 Å². The van der Waals surface area contributed by atoms with Crippen LogP contribution in [0, 0.1) is 41.3 Å². The van der Waals surface area contributed by atoms with Crippen LogP contribution < -0.4 is 0 Å². The fraction of sp³-hybridized carbons (Fsp3) is 0. The molecule has 0 spiro atoms. The zero-order valence-corrected chi connectivity index (χ0v) is 15.4. The fourth-order valence-corrected chi connectivity index (χ4v) is 0. The van der Waals surface area contributed by atoms with Gasteiger partial charge in [0, 0.05) is 41.3 Å². The largest absolute Gasteiger partial charge is 0.477 e. The Morgan fingerprint density at radius 3 is 0.684 bits per heavy atom. The van der Waals surface area contributed by atoms with Crippen molar-refractivity contribution in [2.75, 3.05) is 0 Å². The van der Waals surface area contributed by atoms with Gasteiger partial charge >= 0.3 is 17.9 Å². The Morgan fingerprint density at radius 1 is 0.632 bits per heavy atom. The molecule has 0 bridgehead atoms. The van der Waals surface area contributed by atoms with Gasteiger partial charge in [-0.1, -0.05) is 54.5 Å². The van der Waals surface area contributed by atoms with Crippen LogP contribution in [0.3, 0.4) is 0 Å². The molecule has 3 N–H and O–H groups in total. The van der Waals surface area contributed by atoms with E-state index in [0.29, 0.717) is 0 Å². The van der Waals surface area contributed by atoms with Gasteiger partial charge in [0.25, 0.3) is 0 Å². The average Bonchev–Trinajstić information content (AvgIpc) is 2.18. The van der Waals surface area contributed by atoms with Crippen LogP contribution in [-0.4, -0.2) is 33.2 Å². The number of aliphatic carboxylic acids is 3. The summed E-state index contributed by atoms with van der Waals surface area (Å²) >= 11 is 14.5. The van der Waals surface area contributed by atoms with E-state index < -0.39 is 17.9 Å². The molecule has 0 atom stereocenters. The van der Waals surface area contributed by atoms with Crippen molar-refractivity contribution in [2.45, 2.75) is 0 Å². The first-order chi connectivity index (χ1) is 7.93. The Balaban J connectivity index is -0.0000000865. The Kier molecular flexibility index (Phi) is 22.8. The van der Waals surface area contributed by atoms with E-state index in [4.69, 9.17) is 50.1 Å². The minimum absolute atomic E-state index is 0. The molecule has 1 radical (unpaired) electrons. The summed E-state index contributed by atoms with van der Waals surface area (Å²) in [6, 6.07) is 0. The van der Waals surface area contributed by atoms with Crippen LogP contribution >= 0.6 is 34.8 Å². The van der Waals surface area contributed by atoms with Crippen LogP contribution in [0.2, 0.25) is 0 Å². The predicted molar refractivity (Wildman–Crippen MR) is 67.9 cm³/mol. The van der Waals surface area contributed by atoms with Crippen LogP contribution in [0.1, 0.15) is 0 Å². The zero-order valence-electron chi connectivity index (χ0n) is 9.40. The summed E-state index contributed by atoms with van der Waals surface area (Å²) in [5, 5.41) is 22.2. The van der Waals surface area contributed by atoms with Gasteiger partial charge in [-0.25, -0.2) is 14.4 Å². The summed E-state index contributed by atoms with van der Waals surface area (Å²) in [7, 11) is 0. The standard InChI is InChI=1S/3C3H3ClO2.Pr/c3*1-2(4)3(5)6;/h3*1H2,(H,5,6);. The van der Waals surface area contributed by atoms with Gasteiger partial charge in [0.2, 0.25) is 0 Å². The summed E-state index contributed by atoms with van der Waals surface area (Å²) in [6.07, 6.45) is 0. The number of hydrogen-bond acceptors (Lipinski definition) is 3. The van der Waals surface area contributed by atoms with Crippen LogP contribution in [0.5, 0.6) is 0 Å². The van der Waals surface area contributed by atoms with Gasteiger partial charge in [-0.15, -0.1) is 0 Å². The maximum atomic E-state index is 9.47. The monoisotopic (exact) mass is 459 g/mol. The molecule has 19 heavy (non-hydrogen) atoms. The van der Waals surface area contributed by atoms with Gasteiger partial charge in [-0.05, 0) is 0 Å². The van der Waals surface area contributed by atoms with Crippen molar-refractivity contribution in [3.05, 3.63) is 34.8 Å². The Hall–Kier alpha value is -0.136. The van der Waals surface area contributed by atoms with E-state index in [0.717, 1.165) is 0 Å². The van der Waals surface area contributed by atoms with Crippen molar-refractivity contribution in [2.24, 2.45) is 0 Å². The fourth-order valence-electron chi connectivity index (χ4n) is 0. The first-order valence-electron chi connectivity index (χ1n) is 3.66. The van der Waals surface area contributed by atoms with Gasteiger partial charge in [0.05, 0.1) is 0 Å². The zero-order chi connectivity index (χ0) is 15.5. The number of hydrogen-bond donors (Lipinski definition) is 3. The van der Waals surface area contributed by atoms with E-state index in [9.17, 15) is 14.4 Å². The van der Waals surface area contributed by atoms with Crippen LogP contribution in [0.4, 0.5) is 0 Å². The summed E-state index contributed by atoms with van der Waals surface area (Å²) in [4.78, 5) is 28.4. The minimum atomic E-state index is -1.17. The van der Waals surface area contributed by atoms with Gasteiger partial charge in [0.1, 0.15) is 15.1 Å². The molecule has 0 aliphatic carbocycles. The molecule has 6 nitrogen and oxygen atoms in total. The maximum Gasteiger partial charge on any atom is 0.346 e. The van der Waals surface area contributed by atoms with E-state index in [1.807, 2.05) is 0 Å². The number of carboxylic acid groups (broad SMARTS) is 3. The van der Waals surface area contributed by atoms with Crippen LogP contribution in [-0.2, 0) is 14.4 Å². The van der Waals surface area contributed by atoms with Gasteiger partial charge in [-0.2, -0.15) is 0 Å². The second-order valence-corrected chi connectivity index (χ2v) is 3.50. The van der Waals surface area contributed by atoms with Gasteiger partial charge in [0.15, 0.2) is 0 Å². The molecule has 105 valence electrons. The number of rotatable bonds is 3. The van der Waals surface area contributed by atoms with Crippen molar-refractivity contribution >= 4 is 52.7 Å². The van der Waals surface area contributed by atoms with Gasteiger partial charge in [-0.3, -0.25) is 0 Å². The quantitative estimate of drug-likeness (QED) is 0.558. The van der Waals surface area contributed by atoms with E-state index in [1.165, 1.54) is 0 Å². The molecule has 0 aromatic heterocycles. The number of halogens is 3. The average molecular weight is 460 g/mol. The second kappa shape index (κ2) is 15.9. The third kappa shape index (κ3) is 31.9. The Bertz CT molecular complexity index is 287. The molecule has 0 saturated heterocycles. The summed E-state index contributed by atoms with van der Waals surface area (Å²) < 4.78 is 0. The maximum absolute atomic E-state index is 9.47. The molecule has 0 aliphatic rings. The molecular weight excluding hydrogens is 451 g/mol. The molecule has 10 heteroatoms. The molecule has 0 fully saturated rings. The molecule has 0 unspecified atom stereocenters. The van der Waals surface area contributed by atoms with Crippen molar-refractivity contribution in [3.8, 4) is 0 Å². The van der Waals surface area contributed by atoms with Crippen LogP contribution in [0.15, 0.2) is 34.8 Å². The van der Waals surface area contributed by atoms with Crippen molar-refractivity contribution < 1.29 is 71.0 Å². The molecule has 0 heterocycles. The smallest absolute Gasteiger partial charge is 0.346 e. The Labute approximate surface area is 157 Å². The second-order valence-electron chi connectivity index (χ2n) is 2.13. The molecule has 0 amide bonds. The van der Waals surface area contributed by atoms with Crippen molar-refractivity contribution in [1.29, 1.82) is 0 Å². The molecule has 0 aromatic carbocycles. The normalized spacial score (nSPS) is 7.11. The van der Waals surface area contributed by atoms with Gasteiger partial charge < -0.3 is 15.3 Å². The first kappa shape index (κ1) is 27.2. The third-order valence-electron chi connectivity index (χ3n) is 0.696. The molecule has 0 aromatic rings. The first-order valence-corrected chi connectivity index (χ1v) is 4.79. The SMILES string of the molecule is C=C(Cl)C(=O)O.C=C(Cl)C(=O)O.C=C(Cl)C(=O)O.[Pr]. The Morgan fingerprint density at radius 2 is 0.684 bits per heavy atom. The van der Waals surface area contributed by atoms with E-state index in [2.05, 4.69) is 19.7 Å². The summed E-state index contributed by atoms with van der Waals surface area (Å²) in [6.45, 7) is 8.76. The molecule has 0 rings (SSSR count). The topological polar surface area (TPSA) is 112 Å². The van der Waals surface area contributed by atoms with E-state index >= 15 is 0 Å². The summed E-state index contributed by atoms with van der Waals surface area (Å²) in [5.41, 5.74) is 0.